The van der Waals surface area contributed by atoms with Crippen LogP contribution in [-0.2, 0) is 4.79 Å². The SMILES string of the molecule is COc1cc(/C=C(/C#N)C(=O)Nc2cccc(C)c2)ccc1Oc1ccc([N+](=O)[O-])cc1[N+](=O)[O-]. The van der Waals surface area contributed by atoms with Crippen LogP contribution in [0.2, 0.25) is 0 Å². The molecule has 11 heteroatoms. The minimum absolute atomic E-state index is 0.0873. The van der Waals surface area contributed by atoms with Gasteiger partial charge in [-0.2, -0.15) is 5.26 Å². The van der Waals surface area contributed by atoms with Crippen LogP contribution in [0.25, 0.3) is 6.08 Å². The number of nitro benzene ring substituents is 2. The molecule has 3 rings (SSSR count). The average molecular weight is 474 g/mol. The number of amides is 1. The summed E-state index contributed by atoms with van der Waals surface area (Å²) in [5.41, 5.74) is 0.715. The molecule has 11 nitrogen and oxygen atoms in total. The number of non-ortho nitro benzene ring substituents is 1. The lowest BCUT2D eigenvalue weighted by molar-refractivity contribution is -0.394. The van der Waals surface area contributed by atoms with Gasteiger partial charge in [-0.15, -0.1) is 0 Å². The Hall–Kier alpha value is -5.24. The largest absolute Gasteiger partial charge is 0.493 e. The van der Waals surface area contributed by atoms with Gasteiger partial charge >= 0.3 is 5.69 Å². The van der Waals surface area contributed by atoms with Crippen molar-refractivity contribution in [1.82, 2.24) is 0 Å². The number of benzene rings is 3. The summed E-state index contributed by atoms with van der Waals surface area (Å²) in [4.78, 5) is 33.3. The quantitative estimate of drug-likeness (QED) is 0.203. The molecule has 0 spiro atoms. The number of nitriles is 1. The lowest BCUT2D eigenvalue weighted by Crippen LogP contribution is -2.13. The minimum atomic E-state index is -0.794. The first-order valence-electron chi connectivity index (χ1n) is 10.0. The van der Waals surface area contributed by atoms with Crippen LogP contribution >= 0.6 is 0 Å². The zero-order valence-electron chi connectivity index (χ0n) is 18.6. The number of nitro groups is 2. The summed E-state index contributed by atoms with van der Waals surface area (Å²) in [6.07, 6.45) is 1.35. The second-order valence-corrected chi connectivity index (χ2v) is 7.17. The topological polar surface area (TPSA) is 158 Å². The zero-order chi connectivity index (χ0) is 25.5. The van der Waals surface area contributed by atoms with Crippen molar-refractivity contribution in [2.45, 2.75) is 6.92 Å². The summed E-state index contributed by atoms with van der Waals surface area (Å²) < 4.78 is 10.9. The zero-order valence-corrected chi connectivity index (χ0v) is 18.6. The second-order valence-electron chi connectivity index (χ2n) is 7.17. The van der Waals surface area contributed by atoms with E-state index in [0.717, 1.165) is 23.8 Å². The molecule has 0 radical (unpaired) electrons. The molecule has 0 aliphatic heterocycles. The van der Waals surface area contributed by atoms with E-state index in [9.17, 15) is 30.3 Å². The highest BCUT2D eigenvalue weighted by atomic mass is 16.6. The van der Waals surface area contributed by atoms with Crippen molar-refractivity contribution in [2.24, 2.45) is 0 Å². The second kappa shape index (κ2) is 10.6. The molecule has 0 saturated carbocycles. The minimum Gasteiger partial charge on any atom is -0.493 e. The fraction of sp³-hybridized carbons (Fsp3) is 0.0833. The smallest absolute Gasteiger partial charge is 0.318 e. The van der Waals surface area contributed by atoms with Gasteiger partial charge in [-0.25, -0.2) is 0 Å². The number of ether oxygens (including phenoxy) is 2. The maximum absolute atomic E-state index is 12.5. The Kier molecular flexibility index (Phi) is 7.38. The van der Waals surface area contributed by atoms with Gasteiger partial charge < -0.3 is 14.8 Å². The normalized spacial score (nSPS) is 10.7. The number of aryl methyl sites for hydroxylation is 1. The average Bonchev–Trinajstić information content (AvgIpc) is 2.83. The van der Waals surface area contributed by atoms with Gasteiger partial charge in [-0.1, -0.05) is 18.2 Å². The summed E-state index contributed by atoms with van der Waals surface area (Å²) >= 11 is 0. The Morgan fingerprint density at radius 1 is 1.00 bits per heavy atom. The Bertz CT molecular complexity index is 1390. The predicted octanol–water partition coefficient (Wildman–Crippen LogP) is 5.16. The summed E-state index contributed by atoms with van der Waals surface area (Å²) in [7, 11) is 1.34. The molecule has 0 bridgehead atoms. The van der Waals surface area contributed by atoms with Gasteiger partial charge in [-0.05, 0) is 54.5 Å². The Labute approximate surface area is 199 Å². The lowest BCUT2D eigenvalue weighted by Gasteiger charge is -2.11. The van der Waals surface area contributed by atoms with E-state index in [-0.39, 0.29) is 22.8 Å². The number of nitrogens with zero attached hydrogens (tertiary/aromatic N) is 3. The molecule has 0 unspecified atom stereocenters. The third-order valence-corrected chi connectivity index (χ3v) is 4.71. The summed E-state index contributed by atoms with van der Waals surface area (Å²) in [5.74, 6) is -0.580. The van der Waals surface area contributed by atoms with E-state index in [1.165, 1.54) is 31.4 Å². The molecule has 3 aromatic carbocycles. The first-order chi connectivity index (χ1) is 16.7. The molecule has 176 valence electrons. The molecular formula is C24H18N4O7. The highest BCUT2D eigenvalue weighted by Crippen LogP contribution is 2.38. The molecule has 0 atom stereocenters. The Morgan fingerprint density at radius 2 is 1.74 bits per heavy atom. The van der Waals surface area contributed by atoms with Crippen LogP contribution in [0.1, 0.15) is 11.1 Å². The fourth-order valence-electron chi connectivity index (χ4n) is 3.06. The molecule has 0 aliphatic carbocycles. The van der Waals surface area contributed by atoms with E-state index in [1.807, 2.05) is 19.1 Å². The van der Waals surface area contributed by atoms with Crippen molar-refractivity contribution in [3.63, 3.8) is 0 Å². The van der Waals surface area contributed by atoms with Gasteiger partial charge in [0.15, 0.2) is 11.5 Å². The number of carbonyl (C=O) groups excluding carboxylic acids is 1. The van der Waals surface area contributed by atoms with E-state index < -0.39 is 27.1 Å². The van der Waals surface area contributed by atoms with Crippen LogP contribution in [-0.4, -0.2) is 22.9 Å². The number of methoxy groups -OCH3 is 1. The highest BCUT2D eigenvalue weighted by molar-refractivity contribution is 6.09. The van der Waals surface area contributed by atoms with Crippen molar-refractivity contribution in [1.29, 1.82) is 5.26 Å². The first kappa shape index (κ1) is 24.4. The standard InChI is InChI=1S/C24H18N4O7/c1-15-4-3-5-18(10-15)26-24(29)17(14-25)11-16-6-8-22(23(12-16)34-2)35-21-9-7-19(27(30)31)13-20(21)28(32)33/h3-13H,1-2H3,(H,26,29)/b17-11-. The molecule has 35 heavy (non-hydrogen) atoms. The van der Waals surface area contributed by atoms with Gasteiger partial charge in [0.05, 0.1) is 23.0 Å². The van der Waals surface area contributed by atoms with Gasteiger partial charge in [0.2, 0.25) is 5.75 Å². The van der Waals surface area contributed by atoms with Crippen LogP contribution in [0.4, 0.5) is 17.1 Å². The first-order valence-corrected chi connectivity index (χ1v) is 10.0. The van der Waals surface area contributed by atoms with Gasteiger partial charge in [0, 0.05) is 11.8 Å². The van der Waals surface area contributed by atoms with E-state index in [4.69, 9.17) is 9.47 Å². The van der Waals surface area contributed by atoms with Crippen molar-refractivity contribution < 1.29 is 24.1 Å². The van der Waals surface area contributed by atoms with Crippen LogP contribution in [0.3, 0.4) is 0 Å². The van der Waals surface area contributed by atoms with Gasteiger partial charge in [-0.3, -0.25) is 25.0 Å². The number of carbonyl (C=O) groups is 1. The summed E-state index contributed by atoms with van der Waals surface area (Å²) in [6.45, 7) is 1.87. The summed E-state index contributed by atoms with van der Waals surface area (Å²) in [6, 6.07) is 16.4. The van der Waals surface area contributed by atoms with Crippen molar-refractivity contribution >= 4 is 29.0 Å². The summed E-state index contributed by atoms with van der Waals surface area (Å²) in [5, 5.41) is 34.4. The Morgan fingerprint density at radius 3 is 2.37 bits per heavy atom. The van der Waals surface area contributed by atoms with E-state index in [2.05, 4.69) is 5.32 Å². The third kappa shape index (κ3) is 5.96. The molecule has 1 N–H and O–H groups in total. The number of rotatable bonds is 8. The Balaban J connectivity index is 1.88. The van der Waals surface area contributed by atoms with Crippen LogP contribution in [0.15, 0.2) is 66.2 Å². The number of hydrogen-bond acceptors (Lipinski definition) is 8. The van der Waals surface area contributed by atoms with Crippen molar-refractivity contribution in [3.8, 4) is 23.3 Å². The van der Waals surface area contributed by atoms with Crippen LogP contribution < -0.4 is 14.8 Å². The van der Waals surface area contributed by atoms with Crippen molar-refractivity contribution in [3.05, 3.63) is 97.6 Å². The number of hydrogen-bond donors (Lipinski definition) is 1. The molecule has 0 saturated heterocycles. The predicted molar refractivity (Wildman–Crippen MR) is 126 cm³/mol. The molecule has 3 aromatic rings. The third-order valence-electron chi connectivity index (χ3n) is 4.71. The number of anilines is 1. The molecule has 0 fully saturated rings. The van der Waals surface area contributed by atoms with E-state index in [0.29, 0.717) is 11.3 Å². The molecular weight excluding hydrogens is 456 g/mol. The van der Waals surface area contributed by atoms with Gasteiger partial charge in [0.25, 0.3) is 11.6 Å². The van der Waals surface area contributed by atoms with Gasteiger partial charge in [0.1, 0.15) is 11.6 Å². The molecule has 0 heterocycles. The fourth-order valence-corrected chi connectivity index (χ4v) is 3.06. The van der Waals surface area contributed by atoms with Crippen LogP contribution in [0.5, 0.6) is 17.2 Å². The molecule has 0 aliphatic rings. The van der Waals surface area contributed by atoms with Crippen molar-refractivity contribution in [2.75, 3.05) is 12.4 Å². The highest BCUT2D eigenvalue weighted by Gasteiger charge is 2.22. The van der Waals surface area contributed by atoms with Crippen LogP contribution in [0, 0.1) is 38.5 Å². The molecule has 1 amide bonds. The maximum atomic E-state index is 12.5. The maximum Gasteiger partial charge on any atom is 0.318 e. The lowest BCUT2D eigenvalue weighted by atomic mass is 10.1. The number of nitrogens with one attached hydrogen (secondary N) is 1. The molecule has 0 aromatic heterocycles. The van der Waals surface area contributed by atoms with E-state index in [1.54, 1.807) is 18.2 Å². The van der Waals surface area contributed by atoms with E-state index >= 15 is 0 Å². The monoisotopic (exact) mass is 474 g/mol.